The molecule has 7 nitrogen and oxygen atoms in total. The summed E-state index contributed by atoms with van der Waals surface area (Å²) in [7, 11) is 0. The van der Waals surface area contributed by atoms with Crippen LogP contribution in [-0.4, -0.2) is 26.1 Å². The molecule has 0 radical (unpaired) electrons. The summed E-state index contributed by atoms with van der Waals surface area (Å²) in [5, 5.41) is 0.153. The number of rotatable bonds is 7. The van der Waals surface area contributed by atoms with Crippen LogP contribution in [0.25, 0.3) is 0 Å². The zero-order valence-corrected chi connectivity index (χ0v) is 14.9. The number of hydrogen-bond acceptors (Lipinski definition) is 6. The molecule has 1 aromatic carbocycles. The van der Waals surface area contributed by atoms with Crippen LogP contribution in [0, 0.1) is 0 Å². The van der Waals surface area contributed by atoms with E-state index in [1.165, 1.54) is 18.3 Å². The van der Waals surface area contributed by atoms with E-state index in [0.717, 1.165) is 27.8 Å². The molecule has 0 bridgehead atoms. The van der Waals surface area contributed by atoms with Crippen LogP contribution in [0.2, 0.25) is 0 Å². The van der Waals surface area contributed by atoms with E-state index in [1.807, 2.05) is 6.92 Å². The number of thiazole rings is 1. The van der Waals surface area contributed by atoms with E-state index in [9.17, 15) is 26.7 Å². The second kappa shape index (κ2) is 8.47. The van der Waals surface area contributed by atoms with Crippen molar-refractivity contribution in [2.75, 3.05) is 4.31 Å². The molecule has 12 heteroatoms. The second-order valence-electron chi connectivity index (χ2n) is 4.75. The quantitative estimate of drug-likeness (QED) is 0.548. The van der Waals surface area contributed by atoms with Gasteiger partial charge in [-0.15, -0.1) is 13.2 Å². The summed E-state index contributed by atoms with van der Waals surface area (Å²) in [5.41, 5.74) is 0.0983. The van der Waals surface area contributed by atoms with Gasteiger partial charge in [0.1, 0.15) is 5.75 Å². The van der Waals surface area contributed by atoms with Crippen LogP contribution in [0.3, 0.4) is 0 Å². The molecule has 1 unspecified atom stereocenters. The second-order valence-corrected chi connectivity index (χ2v) is 6.55. The number of alkyl halides is 3. The standard InChI is InChI=1S/C14H13F3N2O5S2/c1-2-3-11(20)23-12-8-18-13(25-12)19(26(21)22)9-4-6-10(7-5-9)24-14(15,16)17/h4-8H,2-3H2,1H3,(H,21,22). The van der Waals surface area contributed by atoms with Gasteiger partial charge in [0, 0.05) is 6.42 Å². The molecule has 1 atom stereocenters. The zero-order chi connectivity index (χ0) is 19.3. The highest BCUT2D eigenvalue weighted by atomic mass is 32.2. The highest BCUT2D eigenvalue weighted by Crippen LogP contribution is 2.35. The predicted molar refractivity (Wildman–Crippen MR) is 88.7 cm³/mol. The van der Waals surface area contributed by atoms with Gasteiger partial charge in [0.15, 0.2) is 0 Å². The zero-order valence-electron chi connectivity index (χ0n) is 13.2. The Hall–Kier alpha value is -2.18. The molecule has 0 aliphatic carbocycles. The number of nitrogens with zero attached hydrogens (tertiary/aromatic N) is 2. The van der Waals surface area contributed by atoms with Gasteiger partial charge in [-0.05, 0) is 30.7 Å². The molecule has 2 aromatic rings. The number of anilines is 2. The van der Waals surface area contributed by atoms with Crippen LogP contribution < -0.4 is 13.8 Å². The molecule has 0 spiro atoms. The first-order chi connectivity index (χ1) is 12.2. The van der Waals surface area contributed by atoms with Crippen molar-refractivity contribution in [2.45, 2.75) is 26.1 Å². The molecule has 0 aliphatic rings. The smallest absolute Gasteiger partial charge is 0.414 e. The van der Waals surface area contributed by atoms with Gasteiger partial charge in [-0.2, -0.15) is 0 Å². The summed E-state index contributed by atoms with van der Waals surface area (Å²) in [4.78, 5) is 15.4. The summed E-state index contributed by atoms with van der Waals surface area (Å²) in [6.07, 6.45) is -2.81. The van der Waals surface area contributed by atoms with Crippen molar-refractivity contribution in [3.8, 4) is 10.8 Å². The van der Waals surface area contributed by atoms with Crippen molar-refractivity contribution >= 4 is 39.4 Å². The first-order valence-electron chi connectivity index (χ1n) is 7.13. The average Bonchev–Trinajstić information content (AvgIpc) is 2.95. The maximum absolute atomic E-state index is 12.2. The topological polar surface area (TPSA) is 89.0 Å². The molecular weight excluding hydrogens is 397 g/mol. The summed E-state index contributed by atoms with van der Waals surface area (Å²) < 4.78 is 67.3. The lowest BCUT2D eigenvalue weighted by Crippen LogP contribution is -2.19. The fourth-order valence-corrected chi connectivity index (χ4v) is 3.31. The maximum Gasteiger partial charge on any atom is 0.573 e. The number of esters is 1. The lowest BCUT2D eigenvalue weighted by atomic mass is 10.3. The third-order valence-electron chi connectivity index (χ3n) is 2.78. The Balaban J connectivity index is 2.20. The molecule has 0 aliphatic heterocycles. The SMILES string of the molecule is CCCC(=O)Oc1cnc(N(c2ccc(OC(F)(F)F)cc2)S(=O)O)s1. The number of carbonyl (C=O) groups is 1. The van der Waals surface area contributed by atoms with Crippen molar-refractivity contribution in [2.24, 2.45) is 0 Å². The molecule has 0 saturated heterocycles. The van der Waals surface area contributed by atoms with Crippen LogP contribution in [0.4, 0.5) is 24.0 Å². The third kappa shape index (κ3) is 5.68. The Morgan fingerprint density at radius 2 is 2.00 bits per heavy atom. The van der Waals surface area contributed by atoms with E-state index in [4.69, 9.17) is 4.74 Å². The molecule has 1 aromatic heterocycles. The van der Waals surface area contributed by atoms with Crippen molar-refractivity contribution < 1.29 is 36.2 Å². The molecule has 142 valence electrons. The molecule has 2 rings (SSSR count). The molecule has 0 fully saturated rings. The van der Waals surface area contributed by atoms with Gasteiger partial charge in [0.25, 0.3) is 11.3 Å². The van der Waals surface area contributed by atoms with Gasteiger partial charge in [-0.1, -0.05) is 18.3 Å². The van der Waals surface area contributed by atoms with E-state index >= 15 is 0 Å². The van der Waals surface area contributed by atoms with Crippen LogP contribution in [-0.2, 0) is 16.1 Å². The van der Waals surface area contributed by atoms with E-state index in [1.54, 1.807) is 0 Å². The number of hydrogen-bond donors (Lipinski definition) is 1. The Morgan fingerprint density at radius 1 is 1.35 bits per heavy atom. The lowest BCUT2D eigenvalue weighted by Gasteiger charge is -2.17. The fraction of sp³-hybridized carbons (Fsp3) is 0.286. The average molecular weight is 410 g/mol. The summed E-state index contributed by atoms with van der Waals surface area (Å²) in [6.45, 7) is 1.81. The largest absolute Gasteiger partial charge is 0.573 e. The lowest BCUT2D eigenvalue weighted by molar-refractivity contribution is -0.274. The highest BCUT2D eigenvalue weighted by molar-refractivity contribution is 7.81. The molecule has 0 saturated carbocycles. The Labute approximate surface area is 152 Å². The predicted octanol–water partition coefficient (Wildman–Crippen LogP) is 4.02. The minimum absolute atomic E-state index is 0.0228. The first kappa shape index (κ1) is 20.1. The number of ether oxygens (including phenoxy) is 2. The van der Waals surface area contributed by atoms with E-state index in [-0.39, 0.29) is 22.3 Å². The number of carbonyl (C=O) groups excluding carboxylic acids is 1. The number of benzene rings is 1. The van der Waals surface area contributed by atoms with E-state index in [0.29, 0.717) is 6.42 Å². The summed E-state index contributed by atoms with van der Waals surface area (Å²) in [6, 6.07) is 4.33. The Kier molecular flexibility index (Phi) is 6.56. The molecular formula is C14H13F3N2O5S2. The van der Waals surface area contributed by atoms with E-state index < -0.39 is 29.3 Å². The van der Waals surface area contributed by atoms with Crippen LogP contribution in [0.15, 0.2) is 30.5 Å². The Morgan fingerprint density at radius 3 is 2.54 bits per heavy atom. The Bertz CT molecular complexity index is 780. The fourth-order valence-electron chi connectivity index (χ4n) is 1.81. The minimum atomic E-state index is -4.84. The monoisotopic (exact) mass is 410 g/mol. The van der Waals surface area contributed by atoms with Gasteiger partial charge < -0.3 is 9.47 Å². The molecule has 1 N–H and O–H groups in total. The summed E-state index contributed by atoms with van der Waals surface area (Å²) >= 11 is -1.72. The summed E-state index contributed by atoms with van der Waals surface area (Å²) in [5.74, 6) is -0.939. The molecule has 0 amide bonds. The van der Waals surface area contributed by atoms with Crippen molar-refractivity contribution in [1.82, 2.24) is 4.98 Å². The van der Waals surface area contributed by atoms with Crippen molar-refractivity contribution in [3.05, 3.63) is 30.5 Å². The van der Waals surface area contributed by atoms with E-state index in [2.05, 4.69) is 9.72 Å². The van der Waals surface area contributed by atoms with Crippen molar-refractivity contribution in [3.63, 3.8) is 0 Å². The molecule has 26 heavy (non-hydrogen) atoms. The highest BCUT2D eigenvalue weighted by Gasteiger charge is 2.31. The van der Waals surface area contributed by atoms with Crippen LogP contribution in [0.5, 0.6) is 10.8 Å². The van der Waals surface area contributed by atoms with Gasteiger partial charge in [0.2, 0.25) is 10.2 Å². The third-order valence-corrected chi connectivity index (χ3v) is 4.45. The molecule has 1 heterocycles. The van der Waals surface area contributed by atoms with Gasteiger partial charge in [0.05, 0.1) is 11.9 Å². The van der Waals surface area contributed by atoms with Crippen molar-refractivity contribution in [1.29, 1.82) is 0 Å². The minimum Gasteiger partial charge on any atom is -0.414 e. The van der Waals surface area contributed by atoms with Gasteiger partial charge >= 0.3 is 12.3 Å². The first-order valence-corrected chi connectivity index (χ1v) is 9.01. The van der Waals surface area contributed by atoms with Crippen LogP contribution in [0.1, 0.15) is 19.8 Å². The number of halogens is 3. The number of aromatic nitrogens is 1. The maximum atomic E-state index is 12.2. The van der Waals surface area contributed by atoms with Crippen LogP contribution >= 0.6 is 11.3 Å². The normalized spacial score (nSPS) is 12.5. The van der Waals surface area contributed by atoms with Gasteiger partial charge in [-0.3, -0.25) is 9.35 Å². The van der Waals surface area contributed by atoms with Gasteiger partial charge in [-0.25, -0.2) is 13.5 Å².